The molecule has 8 heteroatoms. The van der Waals surface area contributed by atoms with E-state index in [1.165, 1.54) is 41.4 Å². The van der Waals surface area contributed by atoms with Crippen molar-refractivity contribution in [1.29, 1.82) is 0 Å². The molecule has 0 bridgehead atoms. The number of halogens is 1. The zero-order valence-corrected chi connectivity index (χ0v) is 22.8. The maximum atomic E-state index is 14.5. The van der Waals surface area contributed by atoms with Gasteiger partial charge in [-0.2, -0.15) is 0 Å². The SMILES string of the molecule is O=C(O)CCNC(=O)c1ccc(CN(c2ccc(C3=CCCCC3)cc2)c2nc(-c3ccccc3F)cs2)cc1. The van der Waals surface area contributed by atoms with Gasteiger partial charge in [0.15, 0.2) is 5.13 Å². The first-order chi connectivity index (χ1) is 19.5. The number of nitrogens with one attached hydrogen (secondary N) is 1. The minimum atomic E-state index is -0.959. The number of nitrogens with zero attached hydrogens (tertiary/aromatic N) is 2. The Kier molecular flexibility index (Phi) is 8.66. The van der Waals surface area contributed by atoms with Crippen molar-refractivity contribution in [2.24, 2.45) is 0 Å². The van der Waals surface area contributed by atoms with Crippen LogP contribution < -0.4 is 10.2 Å². The third-order valence-electron chi connectivity index (χ3n) is 6.89. The Morgan fingerprint density at radius 2 is 1.77 bits per heavy atom. The summed E-state index contributed by atoms with van der Waals surface area (Å²) in [5.74, 6) is -1.58. The first-order valence-electron chi connectivity index (χ1n) is 13.3. The molecule has 3 aromatic carbocycles. The second-order valence-corrected chi connectivity index (χ2v) is 10.5. The number of rotatable bonds is 10. The van der Waals surface area contributed by atoms with Crippen LogP contribution in [0.15, 0.2) is 84.3 Å². The lowest BCUT2D eigenvalue weighted by atomic mass is 9.93. The number of benzene rings is 3. The fourth-order valence-electron chi connectivity index (χ4n) is 4.74. The maximum absolute atomic E-state index is 14.5. The molecule has 0 saturated heterocycles. The summed E-state index contributed by atoms with van der Waals surface area (Å²) < 4.78 is 14.5. The van der Waals surface area contributed by atoms with E-state index < -0.39 is 5.97 Å². The van der Waals surface area contributed by atoms with Gasteiger partial charge in [0.2, 0.25) is 0 Å². The standard InChI is InChI=1S/C32H30FN3O3S/c33-28-9-5-4-8-27(28)29-21-40-32(35-29)36(26-16-14-24(15-17-26)23-6-2-1-3-7-23)20-22-10-12-25(13-11-22)31(39)34-19-18-30(37)38/h4-6,8-17,21H,1-3,7,18-20H2,(H,34,39)(H,37,38). The fourth-order valence-corrected chi connectivity index (χ4v) is 5.58. The van der Waals surface area contributed by atoms with Gasteiger partial charge in [0.05, 0.1) is 18.7 Å². The van der Waals surface area contributed by atoms with Crippen molar-refractivity contribution in [3.63, 3.8) is 0 Å². The lowest BCUT2D eigenvalue weighted by Gasteiger charge is -2.23. The van der Waals surface area contributed by atoms with E-state index >= 15 is 0 Å². The Labute approximate surface area is 236 Å². The molecule has 1 amide bonds. The molecule has 0 atom stereocenters. The largest absolute Gasteiger partial charge is 0.481 e. The van der Waals surface area contributed by atoms with E-state index in [-0.39, 0.29) is 24.7 Å². The summed E-state index contributed by atoms with van der Waals surface area (Å²) in [5, 5.41) is 14.0. The lowest BCUT2D eigenvalue weighted by molar-refractivity contribution is -0.136. The van der Waals surface area contributed by atoms with E-state index in [2.05, 4.69) is 40.6 Å². The molecule has 0 aliphatic heterocycles. The van der Waals surface area contributed by atoms with E-state index in [1.54, 1.807) is 30.3 Å². The highest BCUT2D eigenvalue weighted by Gasteiger charge is 2.18. The molecule has 0 saturated carbocycles. The van der Waals surface area contributed by atoms with Crippen LogP contribution in [0.25, 0.3) is 16.8 Å². The number of hydrogen-bond acceptors (Lipinski definition) is 5. The fraction of sp³-hybridized carbons (Fsp3) is 0.219. The molecule has 0 fully saturated rings. The number of carbonyl (C=O) groups excluding carboxylic acids is 1. The first-order valence-corrected chi connectivity index (χ1v) is 14.2. The van der Waals surface area contributed by atoms with Crippen molar-refractivity contribution in [2.75, 3.05) is 11.4 Å². The van der Waals surface area contributed by atoms with Crippen LogP contribution in [0.3, 0.4) is 0 Å². The van der Waals surface area contributed by atoms with Crippen LogP contribution in [0, 0.1) is 5.82 Å². The van der Waals surface area contributed by atoms with Crippen LogP contribution in [0.5, 0.6) is 0 Å². The van der Waals surface area contributed by atoms with E-state index in [0.29, 0.717) is 23.4 Å². The average Bonchev–Trinajstić information content (AvgIpc) is 3.46. The Balaban J connectivity index is 1.40. The quantitative estimate of drug-likeness (QED) is 0.212. The Bertz CT molecular complexity index is 1510. The molecule has 204 valence electrons. The van der Waals surface area contributed by atoms with Gasteiger partial charge in [-0.1, -0.05) is 42.5 Å². The molecule has 40 heavy (non-hydrogen) atoms. The number of carboxylic acid groups (broad SMARTS) is 1. The molecule has 5 rings (SSSR count). The van der Waals surface area contributed by atoms with Crippen LogP contribution >= 0.6 is 11.3 Å². The molecule has 0 spiro atoms. The van der Waals surface area contributed by atoms with Crippen LogP contribution in [0.1, 0.15) is 53.6 Å². The van der Waals surface area contributed by atoms with Gasteiger partial charge in [-0.25, -0.2) is 9.37 Å². The normalized spacial score (nSPS) is 13.0. The predicted octanol–water partition coefficient (Wildman–Crippen LogP) is 7.45. The van der Waals surface area contributed by atoms with Crippen molar-refractivity contribution in [3.8, 4) is 11.3 Å². The molecule has 1 heterocycles. The molecule has 1 aromatic heterocycles. The van der Waals surface area contributed by atoms with Gasteiger partial charge in [-0.05, 0) is 78.8 Å². The van der Waals surface area contributed by atoms with E-state index in [4.69, 9.17) is 10.1 Å². The average molecular weight is 556 g/mol. The molecule has 4 aromatic rings. The zero-order valence-electron chi connectivity index (χ0n) is 22.0. The number of hydrogen-bond donors (Lipinski definition) is 2. The van der Waals surface area contributed by atoms with Gasteiger partial charge >= 0.3 is 5.97 Å². The molecule has 0 radical (unpaired) electrons. The monoisotopic (exact) mass is 555 g/mol. The summed E-state index contributed by atoms with van der Waals surface area (Å²) in [4.78, 5) is 30.0. The minimum Gasteiger partial charge on any atom is -0.481 e. The summed E-state index contributed by atoms with van der Waals surface area (Å²) in [6.45, 7) is 0.568. The Morgan fingerprint density at radius 3 is 2.48 bits per heavy atom. The van der Waals surface area contributed by atoms with E-state index in [1.807, 2.05) is 17.5 Å². The van der Waals surface area contributed by atoms with Crippen molar-refractivity contribution in [1.82, 2.24) is 10.3 Å². The van der Waals surface area contributed by atoms with Crippen molar-refractivity contribution < 1.29 is 19.1 Å². The smallest absolute Gasteiger partial charge is 0.305 e. The molecule has 1 aliphatic rings. The van der Waals surface area contributed by atoms with Crippen molar-refractivity contribution >= 4 is 39.6 Å². The first kappa shape index (κ1) is 27.3. The number of allylic oxidation sites excluding steroid dienone is 2. The summed E-state index contributed by atoms with van der Waals surface area (Å²) in [7, 11) is 0. The number of aliphatic carboxylic acids is 1. The van der Waals surface area contributed by atoms with E-state index in [9.17, 15) is 14.0 Å². The Hall–Kier alpha value is -4.30. The predicted molar refractivity (Wildman–Crippen MR) is 157 cm³/mol. The van der Waals surface area contributed by atoms with Gasteiger partial charge in [0.25, 0.3) is 5.91 Å². The maximum Gasteiger partial charge on any atom is 0.305 e. The summed E-state index contributed by atoms with van der Waals surface area (Å²) in [5.41, 5.74) is 6.05. The lowest BCUT2D eigenvalue weighted by Crippen LogP contribution is -2.26. The van der Waals surface area contributed by atoms with Gasteiger partial charge in [0, 0.05) is 28.7 Å². The number of aromatic nitrogens is 1. The number of amides is 1. The van der Waals surface area contributed by atoms with Crippen LogP contribution in [-0.4, -0.2) is 28.5 Å². The second-order valence-electron chi connectivity index (χ2n) is 9.70. The second kappa shape index (κ2) is 12.7. The van der Waals surface area contributed by atoms with Gasteiger partial charge < -0.3 is 15.3 Å². The summed E-state index contributed by atoms with van der Waals surface area (Å²) in [6, 6.07) is 22.3. The van der Waals surface area contributed by atoms with Crippen LogP contribution in [0.4, 0.5) is 15.2 Å². The molecule has 1 aliphatic carbocycles. The molecular formula is C32H30FN3O3S. The van der Waals surface area contributed by atoms with Gasteiger partial charge in [0.1, 0.15) is 5.82 Å². The van der Waals surface area contributed by atoms with Crippen molar-refractivity contribution in [3.05, 3.63) is 107 Å². The van der Waals surface area contributed by atoms with Crippen LogP contribution in [-0.2, 0) is 11.3 Å². The molecule has 0 unspecified atom stereocenters. The number of anilines is 2. The topological polar surface area (TPSA) is 82.5 Å². The molecular weight excluding hydrogens is 525 g/mol. The van der Waals surface area contributed by atoms with Gasteiger partial charge in [-0.3, -0.25) is 9.59 Å². The number of carbonyl (C=O) groups is 2. The summed E-state index contributed by atoms with van der Waals surface area (Å²) in [6.07, 6.45) is 6.87. The molecule has 2 N–H and O–H groups in total. The van der Waals surface area contributed by atoms with Gasteiger partial charge in [-0.15, -0.1) is 11.3 Å². The minimum absolute atomic E-state index is 0.0744. The third-order valence-corrected chi connectivity index (χ3v) is 7.76. The van der Waals surface area contributed by atoms with Crippen LogP contribution in [0.2, 0.25) is 0 Å². The highest BCUT2D eigenvalue weighted by molar-refractivity contribution is 7.14. The Morgan fingerprint density at radius 1 is 1.00 bits per heavy atom. The zero-order chi connectivity index (χ0) is 27.9. The molecule has 6 nitrogen and oxygen atoms in total. The highest BCUT2D eigenvalue weighted by atomic mass is 32.1. The van der Waals surface area contributed by atoms with E-state index in [0.717, 1.165) is 29.2 Å². The summed E-state index contributed by atoms with van der Waals surface area (Å²) >= 11 is 1.45. The number of carboxylic acids is 1. The third kappa shape index (κ3) is 6.63. The number of thiazole rings is 1. The highest BCUT2D eigenvalue weighted by Crippen LogP contribution is 2.35. The van der Waals surface area contributed by atoms with Crippen molar-refractivity contribution in [2.45, 2.75) is 38.6 Å².